The molecule has 102 valence electrons. The normalized spacial score (nSPS) is 11.6. The maximum atomic E-state index is 12.0. The van der Waals surface area contributed by atoms with E-state index in [0.717, 1.165) is 11.3 Å². The maximum absolute atomic E-state index is 12.0. The van der Waals surface area contributed by atoms with Crippen molar-refractivity contribution in [2.75, 3.05) is 6.61 Å². The van der Waals surface area contributed by atoms with Crippen LogP contribution in [0.4, 0.5) is 5.69 Å². The van der Waals surface area contributed by atoms with Crippen LogP contribution in [0.2, 0.25) is 0 Å². The highest BCUT2D eigenvalue weighted by atomic mass is 32.1. The van der Waals surface area contributed by atoms with Gasteiger partial charge in [-0.05, 0) is 18.7 Å². The van der Waals surface area contributed by atoms with Crippen LogP contribution in [-0.4, -0.2) is 23.3 Å². The first-order valence-electron chi connectivity index (χ1n) is 5.56. The molecular weight excluding hydrogens is 270 g/mol. The van der Waals surface area contributed by atoms with Gasteiger partial charge in [0.05, 0.1) is 22.3 Å². The lowest BCUT2D eigenvalue weighted by molar-refractivity contribution is -0.385. The van der Waals surface area contributed by atoms with Crippen LogP contribution in [0.1, 0.15) is 24.1 Å². The number of carbonyl (C=O) groups is 2. The van der Waals surface area contributed by atoms with Crippen molar-refractivity contribution >= 4 is 28.8 Å². The molecule has 0 amide bonds. The summed E-state index contributed by atoms with van der Waals surface area (Å²) in [6.07, 6.45) is 1.60. The van der Waals surface area contributed by atoms with Gasteiger partial charge in [-0.3, -0.25) is 14.9 Å². The molecule has 1 rings (SSSR count). The second-order valence-electron chi connectivity index (χ2n) is 3.59. The summed E-state index contributed by atoms with van der Waals surface area (Å²) in [5.41, 5.74) is -0.158. The summed E-state index contributed by atoms with van der Waals surface area (Å²) in [4.78, 5) is 34.0. The number of allylic oxidation sites excluding steroid dienone is 1. The van der Waals surface area contributed by atoms with Crippen molar-refractivity contribution in [3.8, 4) is 0 Å². The molecule has 0 saturated heterocycles. The minimum absolute atomic E-state index is 0.0813. The zero-order valence-electron chi connectivity index (χ0n) is 10.3. The van der Waals surface area contributed by atoms with E-state index in [0.29, 0.717) is 0 Å². The van der Waals surface area contributed by atoms with E-state index in [9.17, 15) is 19.7 Å². The predicted molar refractivity (Wildman–Crippen MR) is 70.2 cm³/mol. The van der Waals surface area contributed by atoms with Gasteiger partial charge < -0.3 is 4.74 Å². The Morgan fingerprint density at radius 3 is 2.84 bits per heavy atom. The lowest BCUT2D eigenvalue weighted by atomic mass is 9.97. The van der Waals surface area contributed by atoms with Crippen molar-refractivity contribution in [1.29, 1.82) is 0 Å². The fraction of sp³-hybridized carbons (Fsp3) is 0.333. The molecule has 0 fully saturated rings. The third-order valence-electron chi connectivity index (χ3n) is 2.38. The molecule has 1 atom stereocenters. The first-order chi connectivity index (χ1) is 9.02. The van der Waals surface area contributed by atoms with Gasteiger partial charge in [0, 0.05) is 6.07 Å². The van der Waals surface area contributed by atoms with Crippen molar-refractivity contribution in [2.24, 2.45) is 0 Å². The van der Waals surface area contributed by atoms with Crippen LogP contribution in [0.15, 0.2) is 24.1 Å². The molecular formula is C12H13NO5S. The molecule has 0 aliphatic rings. The molecule has 0 aliphatic carbocycles. The van der Waals surface area contributed by atoms with Crippen LogP contribution in [0, 0.1) is 10.1 Å². The van der Waals surface area contributed by atoms with E-state index in [4.69, 9.17) is 0 Å². The standard InChI is InChI=1S/C12H13NO5S/c1-3-5-8(10(14)12(15)18-4-2)11-9(13(16)17)6-7-19-11/h3,6-8H,1,4-5H2,2H3. The quantitative estimate of drug-likeness (QED) is 0.252. The smallest absolute Gasteiger partial charge is 0.375 e. The molecule has 0 saturated carbocycles. The van der Waals surface area contributed by atoms with E-state index in [1.165, 1.54) is 17.5 Å². The maximum Gasteiger partial charge on any atom is 0.375 e. The second-order valence-corrected chi connectivity index (χ2v) is 4.54. The number of Topliss-reactive ketones (excluding diaryl/α,β-unsaturated/α-hetero) is 1. The van der Waals surface area contributed by atoms with Crippen molar-refractivity contribution in [3.63, 3.8) is 0 Å². The van der Waals surface area contributed by atoms with E-state index in [-0.39, 0.29) is 23.6 Å². The number of ketones is 1. The zero-order valence-corrected chi connectivity index (χ0v) is 11.1. The van der Waals surface area contributed by atoms with E-state index in [1.807, 2.05) is 0 Å². The third-order valence-corrected chi connectivity index (χ3v) is 3.40. The first-order valence-corrected chi connectivity index (χ1v) is 6.44. The second kappa shape index (κ2) is 6.79. The third kappa shape index (κ3) is 3.47. The van der Waals surface area contributed by atoms with Gasteiger partial charge in [0.15, 0.2) is 0 Å². The summed E-state index contributed by atoms with van der Waals surface area (Å²) >= 11 is 1.07. The molecule has 6 nitrogen and oxygen atoms in total. The molecule has 0 aliphatic heterocycles. The Labute approximate surface area is 113 Å². The van der Waals surface area contributed by atoms with E-state index in [2.05, 4.69) is 11.3 Å². The average molecular weight is 283 g/mol. The van der Waals surface area contributed by atoms with E-state index >= 15 is 0 Å². The topological polar surface area (TPSA) is 86.5 Å². The largest absolute Gasteiger partial charge is 0.460 e. The van der Waals surface area contributed by atoms with Gasteiger partial charge in [0.25, 0.3) is 5.69 Å². The van der Waals surface area contributed by atoms with E-state index < -0.39 is 22.6 Å². The van der Waals surface area contributed by atoms with Crippen molar-refractivity contribution in [3.05, 3.63) is 39.1 Å². The number of nitro groups is 1. The summed E-state index contributed by atoms with van der Waals surface area (Å²) in [7, 11) is 0. The molecule has 7 heteroatoms. The Balaban J connectivity index is 3.09. The van der Waals surface area contributed by atoms with Crippen molar-refractivity contribution < 1.29 is 19.2 Å². The molecule has 0 radical (unpaired) electrons. The monoisotopic (exact) mass is 283 g/mol. The Kier molecular flexibility index (Phi) is 5.37. The van der Waals surface area contributed by atoms with Crippen LogP contribution >= 0.6 is 11.3 Å². The minimum atomic E-state index is -0.975. The summed E-state index contributed by atoms with van der Waals surface area (Å²) in [6.45, 7) is 5.17. The van der Waals surface area contributed by atoms with Crippen LogP contribution in [0.3, 0.4) is 0 Å². The molecule has 0 spiro atoms. The molecule has 0 N–H and O–H groups in total. The van der Waals surface area contributed by atoms with Crippen LogP contribution < -0.4 is 0 Å². The Morgan fingerprint density at radius 1 is 1.63 bits per heavy atom. The minimum Gasteiger partial charge on any atom is -0.460 e. The molecule has 19 heavy (non-hydrogen) atoms. The number of thiophene rings is 1. The van der Waals surface area contributed by atoms with Crippen molar-refractivity contribution in [1.82, 2.24) is 0 Å². The van der Waals surface area contributed by atoms with E-state index in [1.54, 1.807) is 6.92 Å². The molecule has 0 aromatic carbocycles. The summed E-state index contributed by atoms with van der Waals surface area (Å²) in [5.74, 6) is -2.67. The summed E-state index contributed by atoms with van der Waals surface area (Å²) in [6, 6.07) is 1.31. The van der Waals surface area contributed by atoms with Crippen LogP contribution in [0.5, 0.6) is 0 Å². The predicted octanol–water partition coefficient (Wildman–Crippen LogP) is 2.45. The van der Waals surface area contributed by atoms with Gasteiger partial charge in [-0.1, -0.05) is 6.08 Å². The number of hydrogen-bond acceptors (Lipinski definition) is 6. The fourth-order valence-corrected chi connectivity index (χ4v) is 2.54. The highest BCUT2D eigenvalue weighted by Crippen LogP contribution is 2.35. The summed E-state index contributed by atoms with van der Waals surface area (Å²) in [5, 5.41) is 12.4. The zero-order chi connectivity index (χ0) is 14.4. The fourth-order valence-electron chi connectivity index (χ4n) is 1.57. The first kappa shape index (κ1) is 15.0. The average Bonchev–Trinajstić information content (AvgIpc) is 2.84. The lowest BCUT2D eigenvalue weighted by Crippen LogP contribution is -2.24. The molecule has 1 heterocycles. The Bertz CT molecular complexity index is 508. The number of ether oxygens (including phenoxy) is 1. The van der Waals surface area contributed by atoms with Crippen LogP contribution in [-0.2, 0) is 14.3 Å². The Hall–Kier alpha value is -2.02. The van der Waals surface area contributed by atoms with Crippen molar-refractivity contribution in [2.45, 2.75) is 19.3 Å². The molecule has 1 aromatic heterocycles. The number of nitrogens with zero attached hydrogens (tertiary/aromatic N) is 1. The highest BCUT2D eigenvalue weighted by Gasteiger charge is 2.33. The molecule has 1 unspecified atom stereocenters. The number of hydrogen-bond donors (Lipinski definition) is 0. The summed E-state index contributed by atoms with van der Waals surface area (Å²) < 4.78 is 4.64. The molecule has 0 bridgehead atoms. The van der Waals surface area contributed by atoms with Crippen LogP contribution in [0.25, 0.3) is 0 Å². The van der Waals surface area contributed by atoms with Gasteiger partial charge in [0.1, 0.15) is 0 Å². The SMILES string of the molecule is C=CCC(C(=O)C(=O)OCC)c1sccc1[N+](=O)[O-]. The number of esters is 1. The van der Waals surface area contributed by atoms with Gasteiger partial charge in [-0.15, -0.1) is 17.9 Å². The van der Waals surface area contributed by atoms with Gasteiger partial charge in [0.2, 0.25) is 5.78 Å². The van der Waals surface area contributed by atoms with Gasteiger partial charge in [-0.25, -0.2) is 4.79 Å². The van der Waals surface area contributed by atoms with Gasteiger partial charge >= 0.3 is 5.97 Å². The highest BCUT2D eigenvalue weighted by molar-refractivity contribution is 7.10. The Morgan fingerprint density at radius 2 is 2.32 bits per heavy atom. The molecule has 1 aromatic rings. The lowest BCUT2D eigenvalue weighted by Gasteiger charge is -2.10. The van der Waals surface area contributed by atoms with Gasteiger partial charge in [-0.2, -0.15) is 0 Å². The number of rotatable bonds is 7. The number of carbonyl (C=O) groups excluding carboxylic acids is 2.